The van der Waals surface area contributed by atoms with Crippen LogP contribution in [0.15, 0.2) is 72.8 Å². The number of hydrogen-bond donors (Lipinski definition) is 2. The van der Waals surface area contributed by atoms with Crippen molar-refractivity contribution in [2.75, 3.05) is 24.6 Å². The van der Waals surface area contributed by atoms with Gasteiger partial charge in [0.2, 0.25) is 5.91 Å². The Balaban J connectivity index is 1.15. The normalized spacial score (nSPS) is 15.9. The second kappa shape index (κ2) is 9.02. The molecule has 1 heterocycles. The van der Waals surface area contributed by atoms with Crippen molar-refractivity contribution in [2.24, 2.45) is 0 Å². The van der Waals surface area contributed by atoms with Crippen LogP contribution in [0, 0.1) is 0 Å². The summed E-state index contributed by atoms with van der Waals surface area (Å²) in [6.07, 6.45) is -0.537. The summed E-state index contributed by atoms with van der Waals surface area (Å²) < 4.78 is 5.50. The Morgan fingerprint density at radius 2 is 1.47 bits per heavy atom. The molecule has 0 radical (unpaired) electrons. The highest BCUT2D eigenvalue weighted by Crippen LogP contribution is 2.44. The first kappa shape index (κ1) is 21.7. The summed E-state index contributed by atoms with van der Waals surface area (Å²) in [7, 11) is 0. The summed E-state index contributed by atoms with van der Waals surface area (Å²) in [5.74, 6) is -1.97. The number of alkyl carbamates (subject to hydrolysis) is 1. The number of anilines is 1. The van der Waals surface area contributed by atoms with E-state index in [4.69, 9.17) is 4.74 Å². The van der Waals surface area contributed by atoms with Gasteiger partial charge in [0.25, 0.3) is 0 Å². The van der Waals surface area contributed by atoms with E-state index < -0.39 is 18.0 Å². The van der Waals surface area contributed by atoms with E-state index in [2.05, 4.69) is 29.6 Å². The Morgan fingerprint density at radius 1 is 0.882 bits per heavy atom. The molecule has 1 aliphatic heterocycles. The molecule has 0 bridgehead atoms. The fourth-order valence-corrected chi connectivity index (χ4v) is 4.91. The number of carbonyl (C=O) groups excluding carboxylic acids is 2. The van der Waals surface area contributed by atoms with Gasteiger partial charge >= 0.3 is 12.1 Å². The summed E-state index contributed by atoms with van der Waals surface area (Å²) in [4.78, 5) is 38.1. The van der Waals surface area contributed by atoms with Crippen molar-refractivity contribution < 1.29 is 24.2 Å². The van der Waals surface area contributed by atoms with Crippen LogP contribution >= 0.6 is 0 Å². The monoisotopic (exact) mass is 456 g/mol. The Bertz CT molecular complexity index is 1230. The third-order valence-electron chi connectivity index (χ3n) is 6.52. The van der Waals surface area contributed by atoms with E-state index in [0.717, 1.165) is 22.3 Å². The van der Waals surface area contributed by atoms with E-state index in [0.29, 0.717) is 11.3 Å². The number of ether oxygens (including phenoxy) is 1. The molecule has 0 saturated heterocycles. The lowest BCUT2D eigenvalue weighted by Gasteiger charge is -2.18. The molecule has 5 rings (SSSR count). The van der Waals surface area contributed by atoms with Gasteiger partial charge < -0.3 is 20.1 Å². The Labute approximate surface area is 197 Å². The molecule has 0 fully saturated rings. The maximum absolute atomic E-state index is 12.7. The first-order valence-electron chi connectivity index (χ1n) is 11.3. The van der Waals surface area contributed by atoms with Crippen molar-refractivity contribution in [1.82, 2.24) is 5.32 Å². The lowest BCUT2D eigenvalue weighted by molar-refractivity contribution is -0.138. The number of carboxylic acids is 1. The van der Waals surface area contributed by atoms with Gasteiger partial charge in [0.1, 0.15) is 12.5 Å². The van der Waals surface area contributed by atoms with Crippen molar-refractivity contribution in [1.29, 1.82) is 0 Å². The van der Waals surface area contributed by atoms with Crippen LogP contribution in [0.4, 0.5) is 10.5 Å². The number of aliphatic carboxylic acids is 1. The molecule has 0 saturated carbocycles. The average Bonchev–Trinajstić information content (AvgIpc) is 3.39. The largest absolute Gasteiger partial charge is 0.481 e. The summed E-state index contributed by atoms with van der Waals surface area (Å²) in [5.41, 5.74) is 5.82. The minimum Gasteiger partial charge on any atom is -0.481 e. The smallest absolute Gasteiger partial charge is 0.407 e. The molecule has 1 unspecified atom stereocenters. The lowest BCUT2D eigenvalue weighted by atomic mass is 9.98. The summed E-state index contributed by atoms with van der Waals surface area (Å²) >= 11 is 0. The number of rotatable bonds is 6. The number of benzene rings is 3. The predicted molar refractivity (Wildman–Crippen MR) is 127 cm³/mol. The standard InChI is InChI=1S/C27H24N2O5/c30-25(29-15-22(26(31)32)21-11-5-6-12-24(21)29)13-14-28-27(33)34-16-23-19-9-3-1-7-17(19)18-8-2-4-10-20(18)23/h1-12,22-23H,13-16H2,(H,28,33)(H,31,32). The van der Waals surface area contributed by atoms with Crippen molar-refractivity contribution >= 4 is 23.7 Å². The average molecular weight is 456 g/mol. The van der Waals surface area contributed by atoms with Gasteiger partial charge in [-0.1, -0.05) is 66.7 Å². The number of amides is 2. The highest BCUT2D eigenvalue weighted by molar-refractivity contribution is 5.99. The topological polar surface area (TPSA) is 95.9 Å². The number of nitrogens with zero attached hydrogens (tertiary/aromatic N) is 1. The van der Waals surface area contributed by atoms with Gasteiger partial charge in [0.05, 0.1) is 0 Å². The molecule has 7 heteroatoms. The fourth-order valence-electron chi connectivity index (χ4n) is 4.91. The quantitative estimate of drug-likeness (QED) is 0.582. The van der Waals surface area contributed by atoms with Crippen LogP contribution in [0.25, 0.3) is 11.1 Å². The number of nitrogens with one attached hydrogen (secondary N) is 1. The predicted octanol–water partition coefficient (Wildman–Crippen LogP) is 4.13. The van der Waals surface area contributed by atoms with E-state index >= 15 is 0 Å². The number of para-hydroxylation sites is 1. The zero-order valence-electron chi connectivity index (χ0n) is 18.4. The second-order valence-electron chi connectivity index (χ2n) is 8.46. The molecule has 1 atom stereocenters. The Morgan fingerprint density at radius 3 is 2.12 bits per heavy atom. The van der Waals surface area contributed by atoms with Gasteiger partial charge in [-0.25, -0.2) is 4.79 Å². The van der Waals surface area contributed by atoms with Crippen LogP contribution in [0.3, 0.4) is 0 Å². The number of fused-ring (bicyclic) bond motifs is 4. The molecular weight excluding hydrogens is 432 g/mol. The third-order valence-corrected chi connectivity index (χ3v) is 6.52. The summed E-state index contributed by atoms with van der Waals surface area (Å²) in [5, 5.41) is 12.1. The van der Waals surface area contributed by atoms with Crippen molar-refractivity contribution in [3.63, 3.8) is 0 Å². The van der Waals surface area contributed by atoms with E-state index in [1.807, 2.05) is 24.3 Å². The van der Waals surface area contributed by atoms with E-state index in [1.54, 1.807) is 24.3 Å². The molecule has 2 N–H and O–H groups in total. The third kappa shape index (κ3) is 3.90. The van der Waals surface area contributed by atoms with E-state index in [1.165, 1.54) is 4.90 Å². The summed E-state index contributed by atoms with van der Waals surface area (Å²) in [6.45, 7) is 0.401. The van der Waals surface area contributed by atoms with Gasteiger partial charge in [-0.2, -0.15) is 0 Å². The fraction of sp³-hybridized carbons (Fsp3) is 0.222. The summed E-state index contributed by atoms with van der Waals surface area (Å²) in [6, 6.07) is 23.2. The minimum absolute atomic E-state index is 0.0335. The number of carbonyl (C=O) groups is 3. The molecule has 1 aliphatic carbocycles. The van der Waals surface area contributed by atoms with Crippen molar-refractivity contribution in [2.45, 2.75) is 18.3 Å². The molecule has 172 valence electrons. The van der Waals surface area contributed by atoms with Crippen LogP contribution in [-0.4, -0.2) is 42.8 Å². The maximum atomic E-state index is 12.7. The van der Waals surface area contributed by atoms with Crippen LogP contribution in [-0.2, 0) is 14.3 Å². The van der Waals surface area contributed by atoms with E-state index in [-0.39, 0.29) is 37.9 Å². The molecule has 7 nitrogen and oxygen atoms in total. The molecule has 3 aromatic rings. The maximum Gasteiger partial charge on any atom is 0.407 e. The van der Waals surface area contributed by atoms with Crippen LogP contribution in [0.1, 0.15) is 34.9 Å². The van der Waals surface area contributed by atoms with Gasteiger partial charge in [0, 0.05) is 31.1 Å². The highest BCUT2D eigenvalue weighted by atomic mass is 16.5. The Kier molecular flexibility index (Phi) is 5.76. The zero-order valence-corrected chi connectivity index (χ0v) is 18.4. The molecule has 2 aliphatic rings. The van der Waals surface area contributed by atoms with Crippen LogP contribution in [0.5, 0.6) is 0 Å². The molecule has 0 spiro atoms. The van der Waals surface area contributed by atoms with Gasteiger partial charge in [-0.3, -0.25) is 9.59 Å². The van der Waals surface area contributed by atoms with Crippen molar-refractivity contribution in [3.05, 3.63) is 89.5 Å². The van der Waals surface area contributed by atoms with Crippen LogP contribution in [0.2, 0.25) is 0 Å². The molecule has 0 aromatic heterocycles. The highest BCUT2D eigenvalue weighted by Gasteiger charge is 2.36. The first-order chi connectivity index (χ1) is 16.5. The lowest BCUT2D eigenvalue weighted by Crippen LogP contribution is -2.35. The first-order valence-corrected chi connectivity index (χ1v) is 11.3. The van der Waals surface area contributed by atoms with Crippen molar-refractivity contribution in [3.8, 4) is 11.1 Å². The molecule has 34 heavy (non-hydrogen) atoms. The number of hydrogen-bond acceptors (Lipinski definition) is 4. The van der Waals surface area contributed by atoms with Gasteiger partial charge in [-0.15, -0.1) is 0 Å². The molecular formula is C27H24N2O5. The van der Waals surface area contributed by atoms with E-state index in [9.17, 15) is 19.5 Å². The van der Waals surface area contributed by atoms with Crippen LogP contribution < -0.4 is 10.2 Å². The SMILES string of the molecule is O=C(NCCC(=O)N1CC(C(=O)O)c2ccccc21)OCC1c2ccccc2-c2ccccc21. The number of carboxylic acid groups (broad SMARTS) is 1. The zero-order chi connectivity index (χ0) is 23.7. The minimum atomic E-state index is -0.959. The Hall–Kier alpha value is -4.13. The second-order valence-corrected chi connectivity index (χ2v) is 8.46. The van der Waals surface area contributed by atoms with Gasteiger partial charge in [0.15, 0.2) is 0 Å². The van der Waals surface area contributed by atoms with Gasteiger partial charge in [-0.05, 0) is 33.9 Å². The molecule has 3 aromatic carbocycles. The molecule has 2 amide bonds.